The summed E-state index contributed by atoms with van der Waals surface area (Å²) in [4.78, 5) is 14.9. The van der Waals surface area contributed by atoms with E-state index in [1.807, 2.05) is 13.2 Å². The molecule has 1 N–H and O–H groups in total. The monoisotopic (exact) mass is 437 g/mol. The smallest absolute Gasteiger partial charge is 0.194 e. The number of aromatic nitrogens is 1. The van der Waals surface area contributed by atoms with Crippen LogP contribution in [0.5, 0.6) is 0 Å². The number of hydrogen-bond donors (Lipinski definition) is 1. The number of thiazole rings is 1. The lowest BCUT2D eigenvalue weighted by molar-refractivity contribution is 0.164. The first kappa shape index (κ1) is 19.6. The molecule has 0 unspecified atom stereocenters. The fourth-order valence-corrected chi connectivity index (χ4v) is 3.36. The van der Waals surface area contributed by atoms with Crippen molar-refractivity contribution in [1.82, 2.24) is 20.1 Å². The molecule has 1 aromatic rings. The molecule has 1 aliphatic rings. The van der Waals surface area contributed by atoms with Crippen LogP contribution in [0.15, 0.2) is 11.2 Å². The van der Waals surface area contributed by atoms with Crippen molar-refractivity contribution in [3.05, 3.63) is 16.1 Å². The van der Waals surface area contributed by atoms with E-state index in [2.05, 4.69) is 45.9 Å². The van der Waals surface area contributed by atoms with E-state index in [9.17, 15) is 0 Å². The van der Waals surface area contributed by atoms with Gasteiger partial charge < -0.3 is 10.2 Å². The van der Waals surface area contributed by atoms with Crippen LogP contribution in [0.4, 0.5) is 0 Å². The Labute approximate surface area is 155 Å². The first-order valence-corrected chi connectivity index (χ1v) is 8.49. The van der Waals surface area contributed by atoms with Gasteiger partial charge in [-0.25, -0.2) is 4.98 Å². The maximum absolute atomic E-state index is 4.41. The molecule has 1 aromatic heterocycles. The number of rotatable bonds is 4. The molecule has 1 fully saturated rings. The molecule has 1 saturated heterocycles. The Hall–Kier alpha value is -0.410. The van der Waals surface area contributed by atoms with Crippen LogP contribution >= 0.6 is 35.3 Å². The van der Waals surface area contributed by atoms with E-state index in [4.69, 9.17) is 0 Å². The molecule has 7 heteroatoms. The van der Waals surface area contributed by atoms with Gasteiger partial charge in [-0.2, -0.15) is 0 Å². The average Bonchev–Trinajstić information content (AvgIpc) is 2.86. The lowest BCUT2D eigenvalue weighted by atomic mass is 10.2. The zero-order chi connectivity index (χ0) is 15.2. The van der Waals surface area contributed by atoms with Gasteiger partial charge in [0.05, 0.1) is 6.54 Å². The zero-order valence-corrected chi connectivity index (χ0v) is 17.1. The second-order valence-electron chi connectivity index (χ2n) is 5.95. The summed E-state index contributed by atoms with van der Waals surface area (Å²) in [5.74, 6) is 1.73. The van der Waals surface area contributed by atoms with Crippen molar-refractivity contribution in [3.63, 3.8) is 0 Å². The molecule has 0 amide bonds. The molecule has 2 rings (SSSR count). The van der Waals surface area contributed by atoms with Crippen LogP contribution in [0.1, 0.15) is 23.7 Å². The number of nitrogens with zero attached hydrogens (tertiary/aromatic N) is 4. The number of guanidine groups is 1. The van der Waals surface area contributed by atoms with Crippen LogP contribution in [0.3, 0.4) is 0 Å². The largest absolute Gasteiger partial charge is 0.350 e. The molecule has 1 aliphatic heterocycles. The number of piperazine rings is 1. The van der Waals surface area contributed by atoms with E-state index in [0.29, 0.717) is 0 Å². The zero-order valence-electron chi connectivity index (χ0n) is 14.0. The lowest BCUT2D eigenvalue weighted by Crippen LogP contribution is -2.52. The molecule has 0 saturated carbocycles. The summed E-state index contributed by atoms with van der Waals surface area (Å²) in [5.41, 5.74) is 0. The highest BCUT2D eigenvalue weighted by molar-refractivity contribution is 14.0. The van der Waals surface area contributed by atoms with E-state index in [1.165, 1.54) is 11.4 Å². The highest BCUT2D eigenvalue weighted by Crippen LogP contribution is 2.11. The molecule has 126 valence electrons. The minimum absolute atomic E-state index is 0. The Balaban J connectivity index is 0.00000242. The molecule has 0 spiro atoms. The molecule has 0 radical (unpaired) electrons. The van der Waals surface area contributed by atoms with Crippen LogP contribution in [0.2, 0.25) is 0 Å². The standard InChI is InChI=1S/C15H27N5S.HI/c1-12(2)11-19-5-7-20(8-6-19)15(16-4)18-10-14-17-9-13(3)21-14;/h9,12H,5-8,10-11H2,1-4H3,(H,16,18);1H. The summed E-state index contributed by atoms with van der Waals surface area (Å²) in [7, 11) is 1.86. The van der Waals surface area contributed by atoms with Crippen molar-refractivity contribution in [2.24, 2.45) is 10.9 Å². The van der Waals surface area contributed by atoms with Crippen molar-refractivity contribution in [1.29, 1.82) is 0 Å². The minimum atomic E-state index is 0. The highest BCUT2D eigenvalue weighted by atomic mass is 127. The average molecular weight is 437 g/mol. The Bertz CT molecular complexity index is 466. The van der Waals surface area contributed by atoms with Crippen LogP contribution in [-0.2, 0) is 6.54 Å². The number of aryl methyl sites for hydroxylation is 1. The van der Waals surface area contributed by atoms with Crippen LogP contribution in [0, 0.1) is 12.8 Å². The van der Waals surface area contributed by atoms with E-state index in [0.717, 1.165) is 49.6 Å². The highest BCUT2D eigenvalue weighted by Gasteiger charge is 2.19. The van der Waals surface area contributed by atoms with E-state index < -0.39 is 0 Å². The van der Waals surface area contributed by atoms with Crippen molar-refractivity contribution in [2.75, 3.05) is 39.8 Å². The van der Waals surface area contributed by atoms with E-state index in [-0.39, 0.29) is 24.0 Å². The maximum Gasteiger partial charge on any atom is 0.194 e. The minimum Gasteiger partial charge on any atom is -0.350 e. The molecule has 0 bridgehead atoms. The third-order valence-corrected chi connectivity index (χ3v) is 4.49. The number of aliphatic imine (C=N–C) groups is 1. The topological polar surface area (TPSA) is 43.8 Å². The van der Waals surface area contributed by atoms with Crippen LogP contribution in [0.25, 0.3) is 0 Å². The van der Waals surface area contributed by atoms with Gasteiger partial charge in [0.2, 0.25) is 0 Å². The van der Waals surface area contributed by atoms with Crippen molar-refractivity contribution >= 4 is 41.3 Å². The Morgan fingerprint density at radius 1 is 1.36 bits per heavy atom. The number of nitrogens with one attached hydrogen (secondary N) is 1. The van der Waals surface area contributed by atoms with E-state index >= 15 is 0 Å². The Morgan fingerprint density at radius 2 is 2.05 bits per heavy atom. The predicted molar refractivity (Wildman–Crippen MR) is 105 cm³/mol. The first-order valence-electron chi connectivity index (χ1n) is 7.67. The van der Waals surface area contributed by atoms with Crippen LogP contribution in [-0.4, -0.2) is 60.5 Å². The predicted octanol–water partition coefficient (Wildman–Crippen LogP) is 2.42. The quantitative estimate of drug-likeness (QED) is 0.447. The second-order valence-corrected chi connectivity index (χ2v) is 7.27. The van der Waals surface area contributed by atoms with E-state index in [1.54, 1.807) is 11.3 Å². The maximum atomic E-state index is 4.41. The van der Waals surface area contributed by atoms with Crippen molar-refractivity contribution in [2.45, 2.75) is 27.3 Å². The van der Waals surface area contributed by atoms with Crippen molar-refractivity contribution in [3.8, 4) is 0 Å². The number of hydrogen-bond acceptors (Lipinski definition) is 4. The summed E-state index contributed by atoms with van der Waals surface area (Å²) in [6.45, 7) is 12.9. The van der Waals surface area contributed by atoms with Crippen LogP contribution < -0.4 is 5.32 Å². The molecular formula is C15H28IN5S. The van der Waals surface area contributed by atoms with Gasteiger partial charge in [0.15, 0.2) is 5.96 Å². The van der Waals surface area contributed by atoms with Gasteiger partial charge in [-0.1, -0.05) is 13.8 Å². The van der Waals surface area contributed by atoms with Gasteiger partial charge >= 0.3 is 0 Å². The van der Waals surface area contributed by atoms with Crippen molar-refractivity contribution < 1.29 is 0 Å². The first-order chi connectivity index (χ1) is 10.1. The number of halogens is 1. The lowest BCUT2D eigenvalue weighted by Gasteiger charge is -2.37. The summed E-state index contributed by atoms with van der Waals surface area (Å²) < 4.78 is 0. The molecule has 22 heavy (non-hydrogen) atoms. The normalized spacial score (nSPS) is 16.8. The fraction of sp³-hybridized carbons (Fsp3) is 0.733. The van der Waals surface area contributed by atoms with Gasteiger partial charge in [-0.05, 0) is 12.8 Å². The molecule has 0 atom stereocenters. The van der Waals surface area contributed by atoms with Gasteiger partial charge in [0.1, 0.15) is 5.01 Å². The summed E-state index contributed by atoms with van der Waals surface area (Å²) in [6, 6.07) is 0. The Morgan fingerprint density at radius 3 is 2.55 bits per heavy atom. The second kappa shape index (κ2) is 9.67. The van der Waals surface area contributed by atoms with Gasteiger partial charge in [0, 0.05) is 50.8 Å². The SMILES string of the molecule is CN=C(NCc1ncc(C)s1)N1CCN(CC(C)C)CC1.I. The Kier molecular flexibility index (Phi) is 8.63. The summed E-state index contributed by atoms with van der Waals surface area (Å²) in [6.07, 6.45) is 1.93. The third kappa shape index (κ3) is 6.00. The summed E-state index contributed by atoms with van der Waals surface area (Å²) in [5, 5.41) is 4.55. The molecule has 0 aliphatic carbocycles. The van der Waals surface area contributed by atoms with Gasteiger partial charge in [-0.3, -0.25) is 9.89 Å². The summed E-state index contributed by atoms with van der Waals surface area (Å²) >= 11 is 1.74. The van der Waals surface area contributed by atoms with Gasteiger partial charge in [0.25, 0.3) is 0 Å². The molecule has 0 aromatic carbocycles. The van der Waals surface area contributed by atoms with Gasteiger partial charge in [-0.15, -0.1) is 35.3 Å². The third-order valence-electron chi connectivity index (χ3n) is 3.57. The fourth-order valence-electron chi connectivity index (χ4n) is 2.63. The molecule has 5 nitrogen and oxygen atoms in total. The molecule has 2 heterocycles. The molecular weight excluding hydrogens is 409 g/mol.